The summed E-state index contributed by atoms with van der Waals surface area (Å²) >= 11 is 0. The van der Waals surface area contributed by atoms with Gasteiger partial charge in [0, 0.05) is 25.3 Å². The number of nitrogens with zero attached hydrogens (tertiary/aromatic N) is 3. The summed E-state index contributed by atoms with van der Waals surface area (Å²) in [7, 11) is 0. The highest BCUT2D eigenvalue weighted by Gasteiger charge is 2.23. The molecule has 2 rings (SSSR count). The molecular formula is C13H17N3O. The van der Waals surface area contributed by atoms with E-state index in [1.54, 1.807) is 6.20 Å². The van der Waals surface area contributed by atoms with Gasteiger partial charge in [0.25, 0.3) is 0 Å². The fraction of sp³-hybridized carbons (Fsp3) is 0.538. The van der Waals surface area contributed by atoms with Gasteiger partial charge in [0.2, 0.25) is 0 Å². The molecule has 2 heterocycles. The highest BCUT2D eigenvalue weighted by molar-refractivity contribution is 5.25. The van der Waals surface area contributed by atoms with E-state index in [9.17, 15) is 0 Å². The van der Waals surface area contributed by atoms with Gasteiger partial charge in [0.05, 0.1) is 12.7 Å². The summed E-state index contributed by atoms with van der Waals surface area (Å²) in [5.41, 5.74) is 1.62. The van der Waals surface area contributed by atoms with E-state index < -0.39 is 0 Å². The van der Waals surface area contributed by atoms with E-state index in [2.05, 4.69) is 29.8 Å². The highest BCUT2D eigenvalue weighted by atomic mass is 16.5. The Morgan fingerprint density at radius 1 is 1.59 bits per heavy atom. The fourth-order valence-electron chi connectivity index (χ4n) is 2.06. The molecule has 1 aromatic rings. The van der Waals surface area contributed by atoms with E-state index in [1.165, 1.54) is 0 Å². The van der Waals surface area contributed by atoms with Gasteiger partial charge in [-0.3, -0.25) is 4.90 Å². The van der Waals surface area contributed by atoms with Crippen LogP contribution in [0.25, 0.3) is 0 Å². The molecule has 90 valence electrons. The van der Waals surface area contributed by atoms with E-state index in [4.69, 9.17) is 10.00 Å². The van der Waals surface area contributed by atoms with E-state index in [1.807, 2.05) is 12.1 Å². The number of aromatic nitrogens is 1. The van der Waals surface area contributed by atoms with Crippen LogP contribution in [-0.4, -0.2) is 35.2 Å². The Morgan fingerprint density at radius 3 is 3.18 bits per heavy atom. The Balaban J connectivity index is 2.06. The molecule has 1 aromatic heterocycles. The number of hydrogen-bond acceptors (Lipinski definition) is 4. The van der Waals surface area contributed by atoms with Gasteiger partial charge >= 0.3 is 0 Å². The molecular weight excluding hydrogens is 214 g/mol. The number of hydrogen-bond donors (Lipinski definition) is 0. The lowest BCUT2D eigenvalue weighted by molar-refractivity contribution is -0.0526. The third-order valence-electron chi connectivity index (χ3n) is 3.06. The quantitative estimate of drug-likeness (QED) is 0.775. The van der Waals surface area contributed by atoms with Crippen molar-refractivity contribution in [2.24, 2.45) is 0 Å². The Kier molecular flexibility index (Phi) is 3.72. The van der Waals surface area contributed by atoms with Gasteiger partial charge in [-0.2, -0.15) is 5.26 Å². The number of morpholine rings is 1. The summed E-state index contributed by atoms with van der Waals surface area (Å²) < 4.78 is 5.60. The first kappa shape index (κ1) is 12.0. The molecule has 4 heteroatoms. The molecule has 4 nitrogen and oxygen atoms in total. The normalized spacial score (nSPS) is 25.5. The number of nitriles is 1. The van der Waals surface area contributed by atoms with Crippen LogP contribution in [0, 0.1) is 11.3 Å². The molecule has 0 aromatic carbocycles. The molecule has 0 radical (unpaired) electrons. The SMILES string of the molecule is CC1CN(Cc2ccnc(C#N)c2)C(C)CO1. The molecule has 0 bridgehead atoms. The van der Waals surface area contributed by atoms with E-state index in [-0.39, 0.29) is 6.10 Å². The molecule has 0 aliphatic carbocycles. The molecule has 1 fully saturated rings. The standard InChI is InChI=1S/C13H17N3O/c1-10-9-17-11(2)7-16(10)8-12-3-4-15-13(5-12)6-14/h3-5,10-11H,7-9H2,1-2H3. The van der Waals surface area contributed by atoms with Gasteiger partial charge in [0.1, 0.15) is 11.8 Å². The van der Waals surface area contributed by atoms with Crippen LogP contribution in [0.5, 0.6) is 0 Å². The van der Waals surface area contributed by atoms with Crippen LogP contribution in [0.1, 0.15) is 25.1 Å². The van der Waals surface area contributed by atoms with Gasteiger partial charge < -0.3 is 4.74 Å². The largest absolute Gasteiger partial charge is 0.376 e. The smallest absolute Gasteiger partial charge is 0.140 e. The van der Waals surface area contributed by atoms with Gasteiger partial charge in [-0.25, -0.2) is 4.98 Å². The Bertz CT molecular complexity index is 427. The van der Waals surface area contributed by atoms with E-state index in [0.29, 0.717) is 11.7 Å². The molecule has 1 aliphatic heterocycles. The number of rotatable bonds is 2. The predicted molar refractivity (Wildman–Crippen MR) is 64.2 cm³/mol. The van der Waals surface area contributed by atoms with Crippen LogP contribution in [0.15, 0.2) is 18.3 Å². The van der Waals surface area contributed by atoms with Crippen molar-refractivity contribution < 1.29 is 4.74 Å². The van der Waals surface area contributed by atoms with Crippen molar-refractivity contribution in [1.29, 1.82) is 5.26 Å². The summed E-state index contributed by atoms with van der Waals surface area (Å²) in [6.07, 6.45) is 1.98. The number of ether oxygens (including phenoxy) is 1. The van der Waals surface area contributed by atoms with Crippen LogP contribution in [0.2, 0.25) is 0 Å². The molecule has 2 atom stereocenters. The van der Waals surface area contributed by atoms with Crippen molar-refractivity contribution >= 4 is 0 Å². The topological polar surface area (TPSA) is 49.2 Å². The molecule has 1 aliphatic rings. The molecule has 0 amide bonds. The second-order valence-corrected chi connectivity index (χ2v) is 4.58. The molecule has 1 saturated heterocycles. The maximum atomic E-state index is 8.82. The predicted octanol–water partition coefficient (Wildman–Crippen LogP) is 1.56. The first-order valence-electron chi connectivity index (χ1n) is 5.89. The average molecular weight is 231 g/mol. The number of pyridine rings is 1. The van der Waals surface area contributed by atoms with Crippen molar-refractivity contribution in [1.82, 2.24) is 9.88 Å². The zero-order chi connectivity index (χ0) is 12.3. The first-order chi connectivity index (χ1) is 8.19. The average Bonchev–Trinajstić information content (AvgIpc) is 2.34. The van der Waals surface area contributed by atoms with Gasteiger partial charge in [0.15, 0.2) is 0 Å². The van der Waals surface area contributed by atoms with Crippen LogP contribution in [-0.2, 0) is 11.3 Å². The molecule has 0 N–H and O–H groups in total. The lowest BCUT2D eigenvalue weighted by Gasteiger charge is -2.36. The van der Waals surface area contributed by atoms with Crippen LogP contribution in [0.4, 0.5) is 0 Å². The second-order valence-electron chi connectivity index (χ2n) is 4.58. The van der Waals surface area contributed by atoms with Crippen molar-refractivity contribution in [3.8, 4) is 6.07 Å². The third-order valence-corrected chi connectivity index (χ3v) is 3.06. The monoisotopic (exact) mass is 231 g/mol. The molecule has 2 unspecified atom stereocenters. The molecule has 0 spiro atoms. The summed E-state index contributed by atoms with van der Waals surface area (Å²) in [5, 5.41) is 8.82. The van der Waals surface area contributed by atoms with Crippen LogP contribution in [0.3, 0.4) is 0 Å². The Labute approximate surface area is 102 Å². The van der Waals surface area contributed by atoms with Crippen molar-refractivity contribution in [2.45, 2.75) is 32.5 Å². The minimum absolute atomic E-state index is 0.281. The minimum atomic E-state index is 0.281. The van der Waals surface area contributed by atoms with Gasteiger partial charge in [-0.1, -0.05) is 0 Å². The molecule has 17 heavy (non-hydrogen) atoms. The summed E-state index contributed by atoms with van der Waals surface area (Å²) in [4.78, 5) is 6.36. The maximum absolute atomic E-state index is 8.82. The summed E-state index contributed by atoms with van der Waals surface area (Å²) in [5.74, 6) is 0. The molecule has 0 saturated carbocycles. The zero-order valence-corrected chi connectivity index (χ0v) is 10.3. The van der Waals surface area contributed by atoms with Crippen LogP contribution < -0.4 is 0 Å². The van der Waals surface area contributed by atoms with Crippen molar-refractivity contribution in [2.75, 3.05) is 13.2 Å². The van der Waals surface area contributed by atoms with Gasteiger partial charge in [-0.05, 0) is 31.5 Å². The summed E-state index contributed by atoms with van der Waals surface area (Å²) in [6, 6.07) is 6.31. The van der Waals surface area contributed by atoms with Crippen molar-refractivity contribution in [3.05, 3.63) is 29.6 Å². The summed E-state index contributed by atoms with van der Waals surface area (Å²) in [6.45, 7) is 6.82. The maximum Gasteiger partial charge on any atom is 0.140 e. The van der Waals surface area contributed by atoms with Crippen molar-refractivity contribution in [3.63, 3.8) is 0 Å². The zero-order valence-electron chi connectivity index (χ0n) is 10.3. The van der Waals surface area contributed by atoms with E-state index in [0.717, 1.165) is 25.3 Å². The Hall–Kier alpha value is -1.44. The highest BCUT2D eigenvalue weighted by Crippen LogP contribution is 2.15. The Morgan fingerprint density at radius 2 is 2.41 bits per heavy atom. The van der Waals surface area contributed by atoms with E-state index >= 15 is 0 Å². The van der Waals surface area contributed by atoms with Crippen LogP contribution >= 0.6 is 0 Å². The first-order valence-corrected chi connectivity index (χ1v) is 5.89. The third kappa shape index (κ3) is 3.02. The minimum Gasteiger partial charge on any atom is -0.376 e. The fourth-order valence-corrected chi connectivity index (χ4v) is 2.06. The van der Waals surface area contributed by atoms with Gasteiger partial charge in [-0.15, -0.1) is 0 Å². The lowest BCUT2D eigenvalue weighted by atomic mass is 10.1. The second kappa shape index (κ2) is 5.26. The lowest BCUT2D eigenvalue weighted by Crippen LogP contribution is -2.46.